The molecule has 1 heterocycles. The summed E-state index contributed by atoms with van der Waals surface area (Å²) < 4.78 is 27.7. The van der Waals surface area contributed by atoms with E-state index in [2.05, 4.69) is 10.3 Å². The van der Waals surface area contributed by atoms with E-state index in [-0.39, 0.29) is 17.0 Å². The first-order chi connectivity index (χ1) is 12.3. The summed E-state index contributed by atoms with van der Waals surface area (Å²) in [4.78, 5) is 27.9. The summed E-state index contributed by atoms with van der Waals surface area (Å²) in [5.74, 6) is -1.11. The normalized spacial score (nSPS) is 12.2. The predicted molar refractivity (Wildman–Crippen MR) is 94.6 cm³/mol. The van der Waals surface area contributed by atoms with Crippen molar-refractivity contribution in [1.29, 1.82) is 0 Å². The molecule has 0 aliphatic carbocycles. The van der Waals surface area contributed by atoms with Crippen LogP contribution in [0.5, 0.6) is 0 Å². The molecular formula is C17H19N3O5S. The third-order valence-electron chi connectivity index (χ3n) is 3.42. The molecule has 0 saturated heterocycles. The maximum Gasteiger partial charge on any atom is 0.306 e. The van der Waals surface area contributed by atoms with Gasteiger partial charge in [0.25, 0.3) is 5.91 Å². The fraction of sp³-hybridized carbons (Fsp3) is 0.235. The van der Waals surface area contributed by atoms with Crippen LogP contribution in [0.1, 0.15) is 19.0 Å². The molecule has 1 aromatic heterocycles. The SMILES string of the molecule is C[C@H](OC(=O)CCc1ccccn1)C(=O)Nc1cccc(S(N)(=O)=O)c1. The Morgan fingerprint density at radius 3 is 2.65 bits per heavy atom. The summed E-state index contributed by atoms with van der Waals surface area (Å²) in [5, 5.41) is 7.53. The van der Waals surface area contributed by atoms with E-state index in [9.17, 15) is 18.0 Å². The Hall–Kier alpha value is -2.78. The number of aryl methyl sites for hydroxylation is 1. The molecule has 138 valence electrons. The Morgan fingerprint density at radius 1 is 1.23 bits per heavy atom. The highest BCUT2D eigenvalue weighted by Gasteiger charge is 2.18. The number of rotatable bonds is 7. The zero-order valence-electron chi connectivity index (χ0n) is 14.1. The molecule has 0 radical (unpaired) electrons. The summed E-state index contributed by atoms with van der Waals surface area (Å²) in [6.07, 6.45) is 1.09. The van der Waals surface area contributed by atoms with Gasteiger partial charge in [0.15, 0.2) is 6.10 Å². The van der Waals surface area contributed by atoms with E-state index in [4.69, 9.17) is 9.88 Å². The number of pyridine rings is 1. The number of nitrogens with one attached hydrogen (secondary N) is 1. The molecule has 3 N–H and O–H groups in total. The maximum absolute atomic E-state index is 12.1. The van der Waals surface area contributed by atoms with Crippen LogP contribution in [0.25, 0.3) is 0 Å². The van der Waals surface area contributed by atoms with Crippen molar-refractivity contribution < 1.29 is 22.7 Å². The second-order valence-electron chi connectivity index (χ2n) is 5.52. The van der Waals surface area contributed by atoms with Gasteiger partial charge in [0.05, 0.1) is 11.3 Å². The quantitative estimate of drug-likeness (QED) is 0.698. The van der Waals surface area contributed by atoms with Crippen LogP contribution >= 0.6 is 0 Å². The van der Waals surface area contributed by atoms with E-state index < -0.39 is 28.0 Å². The molecule has 0 saturated carbocycles. The molecule has 2 rings (SSSR count). The van der Waals surface area contributed by atoms with Gasteiger partial charge >= 0.3 is 5.97 Å². The van der Waals surface area contributed by atoms with E-state index in [1.54, 1.807) is 18.3 Å². The number of ether oxygens (including phenoxy) is 1. The minimum absolute atomic E-state index is 0.0928. The predicted octanol–water partition coefficient (Wildman–Crippen LogP) is 1.23. The second-order valence-corrected chi connectivity index (χ2v) is 7.08. The fourth-order valence-electron chi connectivity index (χ4n) is 2.08. The number of carbonyl (C=O) groups is 2. The lowest BCUT2D eigenvalue weighted by Crippen LogP contribution is -2.30. The summed E-state index contributed by atoms with van der Waals surface area (Å²) >= 11 is 0. The Labute approximate surface area is 151 Å². The smallest absolute Gasteiger partial charge is 0.306 e. The van der Waals surface area contributed by atoms with Crippen LogP contribution in [0.15, 0.2) is 53.6 Å². The van der Waals surface area contributed by atoms with Crippen LogP contribution in [0.2, 0.25) is 0 Å². The van der Waals surface area contributed by atoms with Gasteiger partial charge in [-0.1, -0.05) is 12.1 Å². The van der Waals surface area contributed by atoms with Gasteiger partial charge in [-0.15, -0.1) is 0 Å². The number of esters is 1. The lowest BCUT2D eigenvalue weighted by molar-refractivity contribution is -0.153. The van der Waals surface area contributed by atoms with Crippen molar-refractivity contribution in [3.05, 3.63) is 54.4 Å². The van der Waals surface area contributed by atoms with Crippen molar-refractivity contribution in [1.82, 2.24) is 4.98 Å². The van der Waals surface area contributed by atoms with E-state index in [0.29, 0.717) is 6.42 Å². The van der Waals surface area contributed by atoms with Crippen molar-refractivity contribution >= 4 is 27.6 Å². The Morgan fingerprint density at radius 2 is 2.00 bits per heavy atom. The summed E-state index contributed by atoms with van der Waals surface area (Å²) in [6.45, 7) is 1.43. The maximum atomic E-state index is 12.1. The summed E-state index contributed by atoms with van der Waals surface area (Å²) in [7, 11) is -3.88. The molecule has 0 unspecified atom stereocenters. The number of hydrogen-bond donors (Lipinski definition) is 2. The van der Waals surface area contributed by atoms with Crippen LogP contribution in [-0.2, 0) is 30.8 Å². The van der Waals surface area contributed by atoms with Crippen LogP contribution in [-0.4, -0.2) is 31.4 Å². The van der Waals surface area contributed by atoms with Gasteiger partial charge in [0.2, 0.25) is 10.0 Å². The van der Waals surface area contributed by atoms with E-state index in [1.807, 2.05) is 6.07 Å². The molecule has 1 amide bonds. The van der Waals surface area contributed by atoms with Crippen molar-refractivity contribution in [2.45, 2.75) is 30.8 Å². The van der Waals surface area contributed by atoms with Crippen molar-refractivity contribution in [3.63, 3.8) is 0 Å². The minimum Gasteiger partial charge on any atom is -0.453 e. The average molecular weight is 377 g/mol. The van der Waals surface area contributed by atoms with Crippen LogP contribution < -0.4 is 10.5 Å². The fourth-order valence-corrected chi connectivity index (χ4v) is 2.64. The van der Waals surface area contributed by atoms with Gasteiger partial charge in [-0.3, -0.25) is 14.6 Å². The van der Waals surface area contributed by atoms with Gasteiger partial charge < -0.3 is 10.1 Å². The number of hydrogen-bond acceptors (Lipinski definition) is 6. The standard InChI is InChI=1S/C17H19N3O5S/c1-12(25-16(21)9-8-13-5-2-3-10-19-13)17(22)20-14-6-4-7-15(11-14)26(18,23)24/h2-7,10-12H,8-9H2,1H3,(H,20,22)(H2,18,23,24)/t12-/m0/s1. The molecule has 8 nitrogen and oxygen atoms in total. The Bertz CT molecular complexity index is 884. The molecule has 0 bridgehead atoms. The third kappa shape index (κ3) is 5.94. The zero-order chi connectivity index (χ0) is 19.2. The monoisotopic (exact) mass is 377 g/mol. The number of amides is 1. The molecule has 1 atom stereocenters. The summed E-state index contributed by atoms with van der Waals surface area (Å²) in [6, 6.07) is 10.9. The molecule has 2 aromatic rings. The van der Waals surface area contributed by atoms with E-state index >= 15 is 0 Å². The highest BCUT2D eigenvalue weighted by atomic mass is 32.2. The van der Waals surface area contributed by atoms with Crippen LogP contribution in [0, 0.1) is 0 Å². The van der Waals surface area contributed by atoms with Gasteiger partial charge in [-0.25, -0.2) is 13.6 Å². The zero-order valence-corrected chi connectivity index (χ0v) is 14.9. The molecule has 26 heavy (non-hydrogen) atoms. The topological polar surface area (TPSA) is 128 Å². The summed E-state index contributed by atoms with van der Waals surface area (Å²) in [5.41, 5.74) is 0.985. The highest BCUT2D eigenvalue weighted by Crippen LogP contribution is 2.14. The van der Waals surface area contributed by atoms with Crippen molar-refractivity contribution in [2.75, 3.05) is 5.32 Å². The number of primary sulfonamides is 1. The van der Waals surface area contributed by atoms with Crippen LogP contribution in [0.4, 0.5) is 5.69 Å². The minimum atomic E-state index is -3.88. The second kappa shape index (κ2) is 8.54. The molecule has 0 aliphatic rings. The number of carbonyl (C=O) groups excluding carboxylic acids is 2. The van der Waals surface area contributed by atoms with E-state index in [0.717, 1.165) is 5.69 Å². The number of benzene rings is 1. The molecule has 9 heteroatoms. The molecule has 0 spiro atoms. The van der Waals surface area contributed by atoms with Gasteiger partial charge in [-0.05, 0) is 37.3 Å². The third-order valence-corrected chi connectivity index (χ3v) is 4.33. The van der Waals surface area contributed by atoms with Gasteiger partial charge in [0.1, 0.15) is 0 Å². The number of sulfonamides is 1. The number of nitrogens with two attached hydrogens (primary N) is 1. The van der Waals surface area contributed by atoms with Crippen LogP contribution in [0.3, 0.4) is 0 Å². The number of anilines is 1. The molecule has 1 aromatic carbocycles. The first-order valence-electron chi connectivity index (χ1n) is 7.79. The van der Waals surface area contributed by atoms with Gasteiger partial charge in [-0.2, -0.15) is 0 Å². The average Bonchev–Trinajstić information content (AvgIpc) is 2.60. The Balaban J connectivity index is 1.88. The van der Waals surface area contributed by atoms with Gasteiger partial charge in [0, 0.05) is 24.0 Å². The van der Waals surface area contributed by atoms with Crippen molar-refractivity contribution in [3.8, 4) is 0 Å². The largest absolute Gasteiger partial charge is 0.453 e. The lowest BCUT2D eigenvalue weighted by atomic mass is 10.2. The first kappa shape index (κ1) is 19.5. The lowest BCUT2D eigenvalue weighted by Gasteiger charge is -2.14. The van der Waals surface area contributed by atoms with Crippen molar-refractivity contribution in [2.24, 2.45) is 5.14 Å². The Kier molecular flexibility index (Phi) is 6.42. The first-order valence-corrected chi connectivity index (χ1v) is 9.33. The highest BCUT2D eigenvalue weighted by molar-refractivity contribution is 7.89. The molecule has 0 aliphatic heterocycles. The number of aromatic nitrogens is 1. The number of nitrogens with zero attached hydrogens (tertiary/aromatic N) is 1. The van der Waals surface area contributed by atoms with E-state index in [1.165, 1.54) is 31.2 Å². The molecule has 0 fully saturated rings. The molecular weight excluding hydrogens is 358 g/mol.